The van der Waals surface area contributed by atoms with Crippen molar-refractivity contribution in [2.24, 2.45) is 0 Å². The van der Waals surface area contributed by atoms with Crippen LogP contribution in [0.5, 0.6) is 0 Å². The van der Waals surface area contributed by atoms with Gasteiger partial charge in [-0.05, 0) is 47.9 Å². The van der Waals surface area contributed by atoms with Crippen LogP contribution >= 0.6 is 0 Å². The first-order valence-corrected chi connectivity index (χ1v) is 12.6. The predicted octanol–water partition coefficient (Wildman–Crippen LogP) is 8.78. The highest BCUT2D eigenvalue weighted by Crippen LogP contribution is 2.39. The topological polar surface area (TPSA) is 43.9 Å². The molecule has 7 aromatic rings. The van der Waals surface area contributed by atoms with Gasteiger partial charge in [0.05, 0.1) is 16.7 Å². The van der Waals surface area contributed by atoms with Crippen molar-refractivity contribution in [3.63, 3.8) is 0 Å². The number of hydrogen-bond donors (Lipinski definition) is 0. The third kappa shape index (κ3) is 3.53. The molecule has 3 heterocycles. The fraction of sp³-hybridized carbons (Fsp3) is 0.0909. The number of pyridine rings is 1. The Labute approximate surface area is 214 Å². The van der Waals surface area contributed by atoms with E-state index in [0.717, 1.165) is 61.3 Å². The van der Waals surface area contributed by atoms with Crippen molar-refractivity contribution in [2.45, 2.75) is 19.8 Å². The second-order valence-corrected chi connectivity index (χ2v) is 9.72. The number of imidazole rings is 1. The van der Waals surface area contributed by atoms with Gasteiger partial charge >= 0.3 is 0 Å². The minimum Gasteiger partial charge on any atom is -0.455 e. The molecule has 0 bridgehead atoms. The Kier molecular flexibility index (Phi) is 4.93. The lowest BCUT2D eigenvalue weighted by Gasteiger charge is -2.09. The van der Waals surface area contributed by atoms with Gasteiger partial charge in [-0.2, -0.15) is 0 Å². The summed E-state index contributed by atoms with van der Waals surface area (Å²) in [6.45, 7) is 4.40. The van der Waals surface area contributed by atoms with Crippen molar-refractivity contribution in [1.29, 1.82) is 0 Å². The molecule has 0 amide bonds. The van der Waals surface area contributed by atoms with E-state index in [0.29, 0.717) is 5.92 Å². The summed E-state index contributed by atoms with van der Waals surface area (Å²) in [4.78, 5) is 9.80. The predicted molar refractivity (Wildman–Crippen MR) is 151 cm³/mol. The molecule has 4 heteroatoms. The Morgan fingerprint density at radius 1 is 0.757 bits per heavy atom. The lowest BCUT2D eigenvalue weighted by molar-refractivity contribution is 0.670. The summed E-state index contributed by atoms with van der Waals surface area (Å²) in [5.74, 6) is 1.34. The molecule has 37 heavy (non-hydrogen) atoms. The van der Waals surface area contributed by atoms with Crippen LogP contribution < -0.4 is 0 Å². The molecule has 7 rings (SSSR count). The molecule has 4 nitrogen and oxygen atoms in total. The number of hydrogen-bond acceptors (Lipinski definition) is 3. The zero-order valence-electron chi connectivity index (χ0n) is 20.7. The molecule has 0 N–H and O–H groups in total. The van der Waals surface area contributed by atoms with Gasteiger partial charge in [0.15, 0.2) is 0 Å². The van der Waals surface area contributed by atoms with E-state index in [1.54, 1.807) is 0 Å². The third-order valence-electron chi connectivity index (χ3n) is 7.05. The normalized spacial score (nSPS) is 11.8. The SMILES string of the molecule is CC(C)c1ccnc(-c2cccc3c2oc2cc4c(cc23)nc(-c2ccccc2)n4-c2ccccc2)c1. The molecule has 178 valence electrons. The van der Waals surface area contributed by atoms with Gasteiger partial charge < -0.3 is 4.42 Å². The molecule has 0 spiro atoms. The average molecular weight is 480 g/mol. The standard InChI is InChI=1S/C33H25N3O/c1-21(2)23-16-17-34-28(18-23)26-15-9-14-25-27-19-29-30(20-31(27)37-32(25)26)36(24-12-7-4-8-13-24)33(35-29)22-10-5-3-6-11-22/h3-21H,1-2H3. The van der Waals surface area contributed by atoms with E-state index >= 15 is 0 Å². The number of fused-ring (bicyclic) bond motifs is 4. The Morgan fingerprint density at radius 3 is 2.32 bits per heavy atom. The fourth-order valence-corrected chi connectivity index (χ4v) is 5.14. The van der Waals surface area contributed by atoms with Crippen molar-refractivity contribution in [3.8, 4) is 28.3 Å². The van der Waals surface area contributed by atoms with Crippen molar-refractivity contribution in [1.82, 2.24) is 14.5 Å². The summed E-state index contributed by atoms with van der Waals surface area (Å²) < 4.78 is 8.79. The molecule has 0 aliphatic heterocycles. The van der Waals surface area contributed by atoms with Gasteiger partial charge in [-0.1, -0.05) is 74.5 Å². The van der Waals surface area contributed by atoms with Crippen molar-refractivity contribution in [2.75, 3.05) is 0 Å². The van der Waals surface area contributed by atoms with E-state index in [9.17, 15) is 0 Å². The number of furan rings is 1. The minimum atomic E-state index is 0.431. The minimum absolute atomic E-state index is 0.431. The Hall–Kier alpha value is -4.70. The first-order chi connectivity index (χ1) is 18.2. The van der Waals surface area contributed by atoms with Gasteiger partial charge in [0, 0.05) is 39.8 Å². The van der Waals surface area contributed by atoms with Crippen molar-refractivity contribution >= 4 is 33.0 Å². The third-order valence-corrected chi connectivity index (χ3v) is 7.05. The zero-order valence-corrected chi connectivity index (χ0v) is 20.7. The number of benzene rings is 4. The molecule has 0 aliphatic rings. The van der Waals surface area contributed by atoms with E-state index < -0.39 is 0 Å². The summed E-state index contributed by atoms with van der Waals surface area (Å²) in [6, 6.07) is 35.5. The number of para-hydroxylation sites is 2. The van der Waals surface area contributed by atoms with Crippen LogP contribution in [0.3, 0.4) is 0 Å². The van der Waals surface area contributed by atoms with Crippen LogP contribution in [0, 0.1) is 0 Å². The average Bonchev–Trinajstić information content (AvgIpc) is 3.50. The smallest absolute Gasteiger partial charge is 0.145 e. The number of nitrogens with zero attached hydrogens (tertiary/aromatic N) is 3. The zero-order chi connectivity index (χ0) is 24.9. The first kappa shape index (κ1) is 21.6. The van der Waals surface area contributed by atoms with E-state index in [1.807, 2.05) is 30.5 Å². The highest BCUT2D eigenvalue weighted by Gasteiger charge is 2.19. The Morgan fingerprint density at radius 2 is 1.54 bits per heavy atom. The lowest BCUT2D eigenvalue weighted by atomic mass is 10.0. The van der Waals surface area contributed by atoms with Gasteiger partial charge in [-0.25, -0.2) is 4.98 Å². The molecule has 0 aliphatic carbocycles. The van der Waals surface area contributed by atoms with Crippen LogP contribution in [0.1, 0.15) is 25.3 Å². The van der Waals surface area contributed by atoms with Gasteiger partial charge in [-0.15, -0.1) is 0 Å². The Bertz CT molecular complexity index is 1900. The first-order valence-electron chi connectivity index (χ1n) is 12.6. The van der Waals surface area contributed by atoms with Crippen LogP contribution in [0.4, 0.5) is 0 Å². The second-order valence-electron chi connectivity index (χ2n) is 9.72. The molecule has 0 fully saturated rings. The maximum Gasteiger partial charge on any atom is 0.145 e. The van der Waals surface area contributed by atoms with Crippen LogP contribution in [0.15, 0.2) is 114 Å². The summed E-state index contributed by atoms with van der Waals surface area (Å²) >= 11 is 0. The molecular weight excluding hydrogens is 454 g/mol. The molecular formula is C33H25N3O. The monoisotopic (exact) mass is 479 g/mol. The summed E-state index contributed by atoms with van der Waals surface area (Å²) in [5, 5.41) is 2.13. The van der Waals surface area contributed by atoms with Crippen LogP contribution in [-0.4, -0.2) is 14.5 Å². The summed E-state index contributed by atoms with van der Waals surface area (Å²) in [6.07, 6.45) is 1.89. The highest BCUT2D eigenvalue weighted by molar-refractivity contribution is 6.12. The van der Waals surface area contributed by atoms with Crippen LogP contribution in [0.2, 0.25) is 0 Å². The molecule has 3 aromatic heterocycles. The van der Waals surface area contributed by atoms with E-state index in [1.165, 1.54) is 5.56 Å². The Balaban J connectivity index is 1.50. The summed E-state index contributed by atoms with van der Waals surface area (Å²) in [5.41, 5.74) is 8.97. The van der Waals surface area contributed by atoms with E-state index in [-0.39, 0.29) is 0 Å². The molecule has 0 atom stereocenters. The fourth-order valence-electron chi connectivity index (χ4n) is 5.14. The summed E-state index contributed by atoms with van der Waals surface area (Å²) in [7, 11) is 0. The molecule has 0 unspecified atom stereocenters. The second kappa shape index (κ2) is 8.45. The quantitative estimate of drug-likeness (QED) is 0.253. The largest absolute Gasteiger partial charge is 0.455 e. The van der Waals surface area contributed by atoms with Gasteiger partial charge in [0.25, 0.3) is 0 Å². The molecule has 0 saturated carbocycles. The number of rotatable bonds is 4. The van der Waals surface area contributed by atoms with Gasteiger partial charge in [-0.3, -0.25) is 9.55 Å². The van der Waals surface area contributed by atoms with Crippen LogP contribution in [0.25, 0.3) is 61.3 Å². The van der Waals surface area contributed by atoms with Crippen molar-refractivity contribution < 1.29 is 4.42 Å². The van der Waals surface area contributed by atoms with E-state index in [2.05, 4.69) is 102 Å². The van der Waals surface area contributed by atoms with Gasteiger partial charge in [0.1, 0.15) is 17.0 Å². The lowest BCUT2D eigenvalue weighted by Crippen LogP contribution is -1.97. The van der Waals surface area contributed by atoms with E-state index in [4.69, 9.17) is 9.40 Å². The van der Waals surface area contributed by atoms with Gasteiger partial charge in [0.2, 0.25) is 0 Å². The maximum absolute atomic E-state index is 6.57. The molecule has 0 radical (unpaired) electrons. The molecule has 4 aromatic carbocycles. The highest BCUT2D eigenvalue weighted by atomic mass is 16.3. The van der Waals surface area contributed by atoms with Crippen LogP contribution in [-0.2, 0) is 0 Å². The molecule has 0 saturated heterocycles. The van der Waals surface area contributed by atoms with Crippen molar-refractivity contribution in [3.05, 3.63) is 115 Å². The maximum atomic E-state index is 6.57. The number of aromatic nitrogens is 3.